The van der Waals surface area contributed by atoms with Crippen LogP contribution in [0.2, 0.25) is 10.0 Å². The Bertz CT molecular complexity index is 648. The first-order valence-electron chi connectivity index (χ1n) is 7.37. The number of furan rings is 1. The van der Waals surface area contributed by atoms with E-state index in [1.165, 1.54) is 0 Å². The van der Waals surface area contributed by atoms with Crippen molar-refractivity contribution >= 4 is 34.9 Å². The number of urea groups is 1. The number of carbonyl (C=O) groups excluding carboxylic acids is 1. The Hall–Kier alpha value is -1.69. The van der Waals surface area contributed by atoms with Gasteiger partial charge in [0.05, 0.1) is 12.8 Å². The summed E-state index contributed by atoms with van der Waals surface area (Å²) in [5.74, 6) is 0.941. The molecule has 7 heteroatoms. The lowest BCUT2D eigenvalue weighted by molar-refractivity contribution is 0.137. The third-order valence-corrected chi connectivity index (χ3v) is 4.17. The molecule has 0 radical (unpaired) electrons. The van der Waals surface area contributed by atoms with Crippen LogP contribution in [0.4, 0.5) is 10.5 Å². The molecule has 1 saturated heterocycles. The summed E-state index contributed by atoms with van der Waals surface area (Å²) in [4.78, 5) is 16.4. The van der Waals surface area contributed by atoms with Gasteiger partial charge in [0.25, 0.3) is 0 Å². The summed E-state index contributed by atoms with van der Waals surface area (Å²) in [5.41, 5.74) is 0.602. The van der Waals surface area contributed by atoms with Crippen molar-refractivity contribution in [3.8, 4) is 0 Å². The van der Waals surface area contributed by atoms with Crippen LogP contribution >= 0.6 is 23.2 Å². The number of piperazine rings is 1. The predicted octanol–water partition coefficient (Wildman–Crippen LogP) is 3.94. The van der Waals surface area contributed by atoms with Gasteiger partial charge in [-0.2, -0.15) is 0 Å². The lowest BCUT2D eigenvalue weighted by atomic mass is 10.3. The van der Waals surface area contributed by atoms with Crippen LogP contribution in [0.1, 0.15) is 5.76 Å². The van der Waals surface area contributed by atoms with E-state index in [1.54, 1.807) is 29.4 Å². The molecular weight excluding hydrogens is 337 g/mol. The van der Waals surface area contributed by atoms with Crippen molar-refractivity contribution in [3.63, 3.8) is 0 Å². The Morgan fingerprint density at radius 3 is 2.43 bits per heavy atom. The number of hydrogen-bond donors (Lipinski definition) is 1. The molecule has 3 rings (SSSR count). The number of amides is 2. The Labute approximate surface area is 144 Å². The fraction of sp³-hybridized carbons (Fsp3) is 0.312. The van der Waals surface area contributed by atoms with Crippen molar-refractivity contribution in [3.05, 3.63) is 52.4 Å². The van der Waals surface area contributed by atoms with E-state index in [0.717, 1.165) is 25.4 Å². The number of carbonyl (C=O) groups is 1. The first kappa shape index (κ1) is 16.2. The van der Waals surface area contributed by atoms with E-state index in [1.807, 2.05) is 12.1 Å². The van der Waals surface area contributed by atoms with E-state index in [4.69, 9.17) is 27.6 Å². The van der Waals surface area contributed by atoms with Gasteiger partial charge in [0.1, 0.15) is 5.76 Å². The van der Waals surface area contributed by atoms with Crippen LogP contribution in [-0.2, 0) is 6.54 Å². The zero-order chi connectivity index (χ0) is 16.2. The number of anilines is 1. The average molecular weight is 354 g/mol. The van der Waals surface area contributed by atoms with E-state index in [0.29, 0.717) is 28.8 Å². The third-order valence-electron chi connectivity index (χ3n) is 3.73. The normalized spacial score (nSPS) is 15.7. The number of hydrogen-bond acceptors (Lipinski definition) is 3. The van der Waals surface area contributed by atoms with Crippen LogP contribution in [0.25, 0.3) is 0 Å². The van der Waals surface area contributed by atoms with Gasteiger partial charge < -0.3 is 14.6 Å². The Balaban J connectivity index is 1.51. The first-order valence-corrected chi connectivity index (χ1v) is 8.12. The summed E-state index contributed by atoms with van der Waals surface area (Å²) in [6.45, 7) is 3.73. The second-order valence-electron chi connectivity index (χ2n) is 5.43. The minimum Gasteiger partial charge on any atom is -0.468 e. The highest BCUT2D eigenvalue weighted by Crippen LogP contribution is 2.22. The van der Waals surface area contributed by atoms with E-state index < -0.39 is 0 Å². The van der Waals surface area contributed by atoms with Gasteiger partial charge >= 0.3 is 6.03 Å². The van der Waals surface area contributed by atoms with Crippen molar-refractivity contribution in [2.45, 2.75) is 6.54 Å². The molecule has 0 aliphatic carbocycles. The van der Waals surface area contributed by atoms with E-state index in [9.17, 15) is 4.79 Å². The van der Waals surface area contributed by atoms with Gasteiger partial charge in [-0.3, -0.25) is 4.90 Å². The molecule has 0 spiro atoms. The number of benzene rings is 1. The molecular formula is C16H17Cl2N3O2. The van der Waals surface area contributed by atoms with Crippen LogP contribution in [-0.4, -0.2) is 42.0 Å². The molecule has 5 nitrogen and oxygen atoms in total. The highest BCUT2D eigenvalue weighted by atomic mass is 35.5. The predicted molar refractivity (Wildman–Crippen MR) is 91.0 cm³/mol. The Kier molecular flexibility index (Phi) is 5.10. The lowest BCUT2D eigenvalue weighted by Crippen LogP contribution is -2.49. The zero-order valence-electron chi connectivity index (χ0n) is 12.5. The molecule has 1 N–H and O–H groups in total. The average Bonchev–Trinajstić information content (AvgIpc) is 3.00. The number of nitrogens with one attached hydrogen (secondary N) is 1. The molecule has 0 atom stereocenters. The minimum absolute atomic E-state index is 0.138. The van der Waals surface area contributed by atoms with Gasteiger partial charge in [-0.25, -0.2) is 4.79 Å². The fourth-order valence-corrected chi connectivity index (χ4v) is 3.09. The van der Waals surface area contributed by atoms with Crippen molar-refractivity contribution in [1.82, 2.24) is 9.80 Å². The van der Waals surface area contributed by atoms with Crippen molar-refractivity contribution in [2.75, 3.05) is 31.5 Å². The zero-order valence-corrected chi connectivity index (χ0v) is 14.0. The maximum atomic E-state index is 12.3. The summed E-state index contributed by atoms with van der Waals surface area (Å²) in [6.07, 6.45) is 1.68. The molecule has 1 aliphatic rings. The molecule has 0 unspecified atom stereocenters. The van der Waals surface area contributed by atoms with Crippen LogP contribution < -0.4 is 5.32 Å². The maximum Gasteiger partial charge on any atom is 0.321 e. The van der Waals surface area contributed by atoms with Gasteiger partial charge in [0.2, 0.25) is 0 Å². The standard InChI is InChI=1S/C16H17Cl2N3O2/c17-12-8-13(18)10-14(9-12)19-16(22)21-5-3-20(4-6-21)11-15-2-1-7-23-15/h1-2,7-10H,3-6,11H2,(H,19,22). The van der Waals surface area contributed by atoms with E-state index in [2.05, 4.69) is 10.2 Å². The van der Waals surface area contributed by atoms with Crippen LogP contribution in [0.3, 0.4) is 0 Å². The molecule has 1 aromatic heterocycles. The monoisotopic (exact) mass is 353 g/mol. The molecule has 2 heterocycles. The second-order valence-corrected chi connectivity index (χ2v) is 6.30. The molecule has 0 bridgehead atoms. The topological polar surface area (TPSA) is 48.7 Å². The minimum atomic E-state index is -0.138. The maximum absolute atomic E-state index is 12.3. The second kappa shape index (κ2) is 7.25. The molecule has 1 aliphatic heterocycles. The first-order chi connectivity index (χ1) is 11.1. The fourth-order valence-electron chi connectivity index (χ4n) is 2.56. The molecule has 0 saturated carbocycles. The summed E-state index contributed by atoms with van der Waals surface area (Å²) >= 11 is 11.9. The van der Waals surface area contributed by atoms with Crippen molar-refractivity contribution in [2.24, 2.45) is 0 Å². The van der Waals surface area contributed by atoms with Gasteiger partial charge in [-0.1, -0.05) is 23.2 Å². The summed E-state index contributed by atoms with van der Waals surface area (Å²) in [6, 6.07) is 8.70. The Morgan fingerprint density at radius 2 is 1.83 bits per heavy atom. The molecule has 1 aromatic carbocycles. The van der Waals surface area contributed by atoms with Crippen molar-refractivity contribution < 1.29 is 9.21 Å². The van der Waals surface area contributed by atoms with Crippen molar-refractivity contribution in [1.29, 1.82) is 0 Å². The third kappa shape index (κ3) is 4.41. The number of nitrogens with zero attached hydrogens (tertiary/aromatic N) is 2. The van der Waals surface area contributed by atoms with Gasteiger partial charge in [0, 0.05) is 41.9 Å². The van der Waals surface area contributed by atoms with E-state index in [-0.39, 0.29) is 6.03 Å². The van der Waals surface area contributed by atoms with Crippen LogP contribution in [0.15, 0.2) is 41.0 Å². The van der Waals surface area contributed by atoms with E-state index >= 15 is 0 Å². The molecule has 2 aromatic rings. The number of rotatable bonds is 3. The smallest absolute Gasteiger partial charge is 0.321 e. The largest absolute Gasteiger partial charge is 0.468 e. The van der Waals surface area contributed by atoms with Gasteiger partial charge in [-0.15, -0.1) is 0 Å². The SMILES string of the molecule is O=C(Nc1cc(Cl)cc(Cl)c1)N1CCN(Cc2ccco2)CC1. The van der Waals surface area contributed by atoms with Gasteiger partial charge in [-0.05, 0) is 30.3 Å². The highest BCUT2D eigenvalue weighted by molar-refractivity contribution is 6.35. The van der Waals surface area contributed by atoms with Crippen LogP contribution in [0, 0.1) is 0 Å². The molecule has 122 valence electrons. The van der Waals surface area contributed by atoms with Gasteiger partial charge in [0.15, 0.2) is 0 Å². The highest BCUT2D eigenvalue weighted by Gasteiger charge is 2.21. The van der Waals surface area contributed by atoms with Crippen LogP contribution in [0.5, 0.6) is 0 Å². The molecule has 1 fully saturated rings. The molecule has 2 amide bonds. The quantitative estimate of drug-likeness (QED) is 0.909. The lowest BCUT2D eigenvalue weighted by Gasteiger charge is -2.34. The summed E-state index contributed by atoms with van der Waals surface area (Å²) < 4.78 is 5.35. The Morgan fingerprint density at radius 1 is 1.13 bits per heavy atom. The summed E-state index contributed by atoms with van der Waals surface area (Å²) in [5, 5.41) is 3.83. The summed E-state index contributed by atoms with van der Waals surface area (Å²) in [7, 11) is 0. The number of halogens is 2. The molecule has 23 heavy (non-hydrogen) atoms.